The van der Waals surface area contributed by atoms with Crippen molar-refractivity contribution in [1.29, 1.82) is 0 Å². The molecule has 1 radical (unpaired) electrons. The van der Waals surface area contributed by atoms with E-state index in [4.69, 9.17) is 0 Å². The number of rotatable bonds is 5. The van der Waals surface area contributed by atoms with Gasteiger partial charge in [-0.1, -0.05) is 32.6 Å². The highest BCUT2D eigenvalue weighted by atomic mass is 15.2. The molecule has 1 aliphatic heterocycles. The van der Waals surface area contributed by atoms with E-state index >= 15 is 0 Å². The van der Waals surface area contributed by atoms with E-state index in [1.165, 1.54) is 58.0 Å². The Labute approximate surface area is 88.9 Å². The van der Waals surface area contributed by atoms with Gasteiger partial charge in [-0.2, -0.15) is 0 Å². The quantitative estimate of drug-likeness (QED) is 0.649. The maximum Gasteiger partial charge on any atom is 0.0123 e. The molecule has 2 rings (SSSR count). The summed E-state index contributed by atoms with van der Waals surface area (Å²) >= 11 is 0. The molecule has 1 saturated carbocycles. The molecule has 81 valence electrons. The van der Waals surface area contributed by atoms with Crippen LogP contribution in [0.15, 0.2) is 0 Å². The van der Waals surface area contributed by atoms with Crippen LogP contribution in [0, 0.1) is 12.8 Å². The minimum atomic E-state index is 0.924. The van der Waals surface area contributed by atoms with E-state index in [2.05, 4.69) is 11.8 Å². The molecule has 1 saturated heterocycles. The van der Waals surface area contributed by atoms with E-state index in [1.807, 2.05) is 0 Å². The number of likely N-dealkylation sites (tertiary alicyclic amines) is 1. The topological polar surface area (TPSA) is 3.24 Å². The van der Waals surface area contributed by atoms with Crippen molar-refractivity contribution in [3.05, 3.63) is 6.92 Å². The lowest BCUT2D eigenvalue weighted by Crippen LogP contribution is -2.48. The lowest BCUT2D eigenvalue weighted by Gasteiger charge is -2.41. The van der Waals surface area contributed by atoms with Crippen molar-refractivity contribution >= 4 is 0 Å². The van der Waals surface area contributed by atoms with Gasteiger partial charge in [-0.25, -0.2) is 0 Å². The Balaban J connectivity index is 1.83. The second-order valence-corrected chi connectivity index (χ2v) is 5.00. The summed E-state index contributed by atoms with van der Waals surface area (Å²) in [6.07, 6.45) is 11.3. The van der Waals surface area contributed by atoms with Gasteiger partial charge >= 0.3 is 0 Å². The van der Waals surface area contributed by atoms with Crippen LogP contribution < -0.4 is 0 Å². The first-order valence-corrected chi connectivity index (χ1v) is 6.45. The monoisotopic (exact) mass is 194 g/mol. The van der Waals surface area contributed by atoms with Crippen molar-refractivity contribution in [2.45, 2.75) is 57.4 Å². The van der Waals surface area contributed by atoms with E-state index in [0.29, 0.717) is 0 Å². The predicted molar refractivity (Wildman–Crippen MR) is 61.1 cm³/mol. The molecule has 1 heterocycles. The first-order chi connectivity index (χ1) is 6.92. The fraction of sp³-hybridized carbons (Fsp3) is 0.923. The molecule has 0 spiro atoms. The van der Waals surface area contributed by atoms with Gasteiger partial charge in [-0.3, -0.25) is 0 Å². The summed E-state index contributed by atoms with van der Waals surface area (Å²) in [6.45, 7) is 6.72. The summed E-state index contributed by atoms with van der Waals surface area (Å²) in [6, 6.07) is 0.924. The molecule has 14 heavy (non-hydrogen) atoms. The lowest BCUT2D eigenvalue weighted by molar-refractivity contribution is 0.0714. The van der Waals surface area contributed by atoms with E-state index in [-0.39, 0.29) is 0 Å². The zero-order chi connectivity index (χ0) is 9.80. The lowest BCUT2D eigenvalue weighted by atomic mass is 9.90. The minimum absolute atomic E-state index is 0.924. The molecule has 2 aliphatic rings. The van der Waals surface area contributed by atoms with E-state index < -0.39 is 0 Å². The zero-order valence-corrected chi connectivity index (χ0v) is 9.38. The van der Waals surface area contributed by atoms with Crippen LogP contribution in [-0.4, -0.2) is 24.0 Å². The van der Waals surface area contributed by atoms with Gasteiger partial charge < -0.3 is 4.90 Å². The molecular formula is C13H24N. The van der Waals surface area contributed by atoms with Crippen molar-refractivity contribution in [2.24, 2.45) is 5.92 Å². The summed E-state index contributed by atoms with van der Waals surface area (Å²) in [4.78, 5) is 2.73. The number of unbranched alkanes of at least 4 members (excludes halogenated alkanes) is 1. The van der Waals surface area contributed by atoms with Crippen molar-refractivity contribution in [1.82, 2.24) is 4.90 Å². The van der Waals surface area contributed by atoms with Gasteiger partial charge in [0.25, 0.3) is 0 Å². The molecule has 1 atom stereocenters. The van der Waals surface area contributed by atoms with Crippen LogP contribution in [-0.2, 0) is 0 Å². The van der Waals surface area contributed by atoms with Crippen molar-refractivity contribution in [3.8, 4) is 0 Å². The summed E-state index contributed by atoms with van der Waals surface area (Å²) < 4.78 is 0. The molecule has 1 nitrogen and oxygen atoms in total. The smallest absolute Gasteiger partial charge is 0.0123 e. The SMILES string of the molecule is [CH2]CCCC(C1CCCC1)N1CCC1. The number of nitrogens with zero attached hydrogens (tertiary/aromatic N) is 1. The van der Waals surface area contributed by atoms with Crippen LogP contribution in [0.2, 0.25) is 0 Å². The Kier molecular flexibility index (Phi) is 3.86. The Morgan fingerprint density at radius 2 is 1.86 bits per heavy atom. The van der Waals surface area contributed by atoms with Gasteiger partial charge in [-0.05, 0) is 44.7 Å². The fourth-order valence-corrected chi connectivity index (χ4v) is 3.08. The normalized spacial score (nSPS) is 26.4. The van der Waals surface area contributed by atoms with Crippen molar-refractivity contribution in [2.75, 3.05) is 13.1 Å². The van der Waals surface area contributed by atoms with Crippen LogP contribution >= 0.6 is 0 Å². The molecule has 0 amide bonds. The van der Waals surface area contributed by atoms with Gasteiger partial charge in [0.15, 0.2) is 0 Å². The first-order valence-electron chi connectivity index (χ1n) is 6.45. The average Bonchev–Trinajstić information content (AvgIpc) is 2.61. The van der Waals surface area contributed by atoms with Gasteiger partial charge in [0, 0.05) is 6.04 Å². The maximum absolute atomic E-state index is 3.97. The highest BCUT2D eigenvalue weighted by molar-refractivity contribution is 4.86. The van der Waals surface area contributed by atoms with Crippen LogP contribution in [0.5, 0.6) is 0 Å². The molecule has 1 aliphatic carbocycles. The summed E-state index contributed by atoms with van der Waals surface area (Å²) in [5.74, 6) is 1.03. The average molecular weight is 194 g/mol. The third-order valence-corrected chi connectivity index (χ3v) is 4.05. The van der Waals surface area contributed by atoms with Gasteiger partial charge in [0.05, 0.1) is 0 Å². The molecule has 0 aromatic rings. The molecule has 1 unspecified atom stereocenters. The minimum Gasteiger partial charge on any atom is -0.300 e. The molecule has 2 fully saturated rings. The van der Waals surface area contributed by atoms with Gasteiger partial charge in [0.1, 0.15) is 0 Å². The standard InChI is InChI=1S/C13H24N/c1-2-3-9-13(14-10-6-11-14)12-7-4-5-8-12/h12-13H,1-11H2. The van der Waals surface area contributed by atoms with E-state index in [0.717, 1.165) is 18.4 Å². The third-order valence-electron chi connectivity index (χ3n) is 4.05. The molecule has 1 heteroatoms. The summed E-state index contributed by atoms with van der Waals surface area (Å²) in [5, 5.41) is 0. The summed E-state index contributed by atoms with van der Waals surface area (Å²) in [5.41, 5.74) is 0. The number of hydrogen-bond acceptors (Lipinski definition) is 1. The predicted octanol–water partition coefficient (Wildman–Crippen LogP) is 3.26. The van der Waals surface area contributed by atoms with Crippen LogP contribution in [0.1, 0.15) is 51.4 Å². The van der Waals surface area contributed by atoms with Crippen molar-refractivity contribution < 1.29 is 0 Å². The number of hydrogen-bond donors (Lipinski definition) is 0. The fourth-order valence-electron chi connectivity index (χ4n) is 3.08. The molecule has 0 aromatic carbocycles. The van der Waals surface area contributed by atoms with Crippen molar-refractivity contribution in [3.63, 3.8) is 0 Å². The largest absolute Gasteiger partial charge is 0.300 e. The molecular weight excluding hydrogens is 170 g/mol. The van der Waals surface area contributed by atoms with Crippen LogP contribution in [0.4, 0.5) is 0 Å². The Hall–Kier alpha value is -0.0400. The van der Waals surface area contributed by atoms with Gasteiger partial charge in [0.2, 0.25) is 0 Å². The van der Waals surface area contributed by atoms with Crippen LogP contribution in [0.25, 0.3) is 0 Å². The van der Waals surface area contributed by atoms with E-state index in [1.54, 1.807) is 0 Å². The van der Waals surface area contributed by atoms with Gasteiger partial charge in [-0.15, -0.1) is 0 Å². The Morgan fingerprint density at radius 3 is 2.36 bits per heavy atom. The summed E-state index contributed by atoms with van der Waals surface area (Å²) in [7, 11) is 0. The second kappa shape index (κ2) is 5.16. The third kappa shape index (κ3) is 2.31. The molecule has 0 N–H and O–H groups in total. The highest BCUT2D eigenvalue weighted by Gasteiger charge is 2.31. The Morgan fingerprint density at radius 1 is 1.14 bits per heavy atom. The molecule has 0 bridgehead atoms. The first kappa shape index (κ1) is 10.5. The second-order valence-electron chi connectivity index (χ2n) is 5.00. The van der Waals surface area contributed by atoms with E-state index in [9.17, 15) is 0 Å². The zero-order valence-electron chi connectivity index (χ0n) is 9.38. The highest BCUT2D eigenvalue weighted by Crippen LogP contribution is 2.34. The maximum atomic E-state index is 3.97. The molecule has 0 aromatic heterocycles. The Bertz CT molecular complexity index is 157. The van der Waals surface area contributed by atoms with Crippen LogP contribution in [0.3, 0.4) is 0 Å².